The van der Waals surface area contributed by atoms with Crippen molar-refractivity contribution < 1.29 is 13.2 Å². The van der Waals surface area contributed by atoms with Crippen LogP contribution >= 0.6 is 11.3 Å². The van der Waals surface area contributed by atoms with Crippen molar-refractivity contribution in [2.24, 2.45) is 0 Å². The zero-order valence-corrected chi connectivity index (χ0v) is 11.3. The second-order valence-corrected chi connectivity index (χ2v) is 5.36. The van der Waals surface area contributed by atoms with Crippen LogP contribution in [0.15, 0.2) is 24.3 Å². The minimum atomic E-state index is -1.43. The number of hydrogen-bond donors (Lipinski definition) is 1. The largest absolute Gasteiger partial charge is 0.312 e. The fourth-order valence-corrected chi connectivity index (χ4v) is 2.68. The fourth-order valence-electron chi connectivity index (χ4n) is 1.71. The van der Waals surface area contributed by atoms with Gasteiger partial charge in [0.25, 0.3) is 0 Å². The number of thiophene rings is 1. The number of nitrogens with one attached hydrogen (secondary N) is 1. The van der Waals surface area contributed by atoms with Crippen LogP contribution in [0.25, 0.3) is 10.4 Å². The summed E-state index contributed by atoms with van der Waals surface area (Å²) in [5, 5.41) is 3.25. The Morgan fingerprint density at radius 2 is 1.79 bits per heavy atom. The van der Waals surface area contributed by atoms with Gasteiger partial charge in [-0.2, -0.15) is 0 Å². The first-order valence-electron chi connectivity index (χ1n) is 6.06. The lowest BCUT2D eigenvalue weighted by molar-refractivity contribution is 0.448. The second kappa shape index (κ2) is 6.21. The monoisotopic (exact) mass is 285 g/mol. The Bertz CT molecular complexity index is 543. The molecule has 1 N–H and O–H groups in total. The molecule has 1 aromatic heterocycles. The van der Waals surface area contributed by atoms with Gasteiger partial charge in [0.2, 0.25) is 0 Å². The molecule has 0 aliphatic rings. The lowest BCUT2D eigenvalue weighted by Gasteiger charge is -2.01. The van der Waals surface area contributed by atoms with Gasteiger partial charge in [0, 0.05) is 16.3 Å². The maximum absolute atomic E-state index is 13.2. The Kier molecular flexibility index (Phi) is 4.61. The van der Waals surface area contributed by atoms with Crippen molar-refractivity contribution in [2.75, 3.05) is 6.54 Å². The molecule has 0 radical (unpaired) electrons. The van der Waals surface area contributed by atoms with Gasteiger partial charge in [0.1, 0.15) is 0 Å². The molecule has 1 nitrogen and oxygen atoms in total. The van der Waals surface area contributed by atoms with Crippen LogP contribution in [0.1, 0.15) is 18.2 Å². The van der Waals surface area contributed by atoms with Crippen LogP contribution in [0.5, 0.6) is 0 Å². The van der Waals surface area contributed by atoms with Gasteiger partial charge in [0.05, 0.1) is 0 Å². The van der Waals surface area contributed by atoms with Crippen LogP contribution in [-0.2, 0) is 6.54 Å². The number of hydrogen-bond acceptors (Lipinski definition) is 2. The standard InChI is InChI=1S/C14H14F3NS/c1-2-5-18-8-10-3-4-13(19-10)9-6-11(15)14(17)12(16)7-9/h3-4,6-7,18H,2,5,8H2,1H3. The van der Waals surface area contributed by atoms with Gasteiger partial charge in [-0.05, 0) is 42.8 Å². The SMILES string of the molecule is CCCNCc1ccc(-c2cc(F)c(F)c(F)c2)s1. The normalized spacial score (nSPS) is 10.9. The molecule has 1 heterocycles. The first kappa shape index (κ1) is 14.1. The van der Waals surface area contributed by atoms with E-state index in [2.05, 4.69) is 12.2 Å². The van der Waals surface area contributed by atoms with E-state index in [0.29, 0.717) is 5.56 Å². The first-order valence-corrected chi connectivity index (χ1v) is 6.87. The number of rotatable bonds is 5. The van der Waals surface area contributed by atoms with E-state index in [1.165, 1.54) is 11.3 Å². The van der Waals surface area contributed by atoms with Crippen LogP contribution in [0, 0.1) is 17.5 Å². The summed E-state index contributed by atoms with van der Waals surface area (Å²) in [6.07, 6.45) is 1.05. The Hall–Kier alpha value is -1.33. The Morgan fingerprint density at radius 3 is 2.42 bits per heavy atom. The van der Waals surface area contributed by atoms with Crippen LogP contribution in [0.4, 0.5) is 13.2 Å². The Labute approximate surface area is 114 Å². The van der Waals surface area contributed by atoms with Crippen molar-refractivity contribution >= 4 is 11.3 Å². The molecule has 2 rings (SSSR count). The highest BCUT2D eigenvalue weighted by molar-refractivity contribution is 7.15. The topological polar surface area (TPSA) is 12.0 Å². The summed E-state index contributed by atoms with van der Waals surface area (Å²) in [5.41, 5.74) is 0.364. The quantitative estimate of drug-likeness (QED) is 0.637. The highest BCUT2D eigenvalue weighted by Crippen LogP contribution is 2.30. The van der Waals surface area contributed by atoms with Crippen molar-refractivity contribution in [3.05, 3.63) is 46.6 Å². The molecule has 0 fully saturated rings. The van der Waals surface area contributed by atoms with E-state index in [9.17, 15) is 13.2 Å². The molecule has 0 saturated carbocycles. The van der Waals surface area contributed by atoms with E-state index in [0.717, 1.165) is 41.4 Å². The van der Waals surface area contributed by atoms with E-state index in [1.807, 2.05) is 6.07 Å². The first-order chi connectivity index (χ1) is 9.11. The van der Waals surface area contributed by atoms with E-state index < -0.39 is 17.5 Å². The molecular weight excluding hydrogens is 271 g/mol. The fraction of sp³-hybridized carbons (Fsp3) is 0.286. The second-order valence-electron chi connectivity index (χ2n) is 4.20. The maximum Gasteiger partial charge on any atom is 0.194 e. The van der Waals surface area contributed by atoms with Crippen LogP contribution < -0.4 is 5.32 Å². The summed E-state index contributed by atoms with van der Waals surface area (Å²) >= 11 is 1.44. The Morgan fingerprint density at radius 1 is 1.11 bits per heavy atom. The molecule has 1 aromatic carbocycles. The minimum Gasteiger partial charge on any atom is -0.312 e. The zero-order chi connectivity index (χ0) is 13.8. The maximum atomic E-state index is 13.2. The van der Waals surface area contributed by atoms with Crippen LogP contribution in [0.3, 0.4) is 0 Å². The van der Waals surface area contributed by atoms with Gasteiger partial charge >= 0.3 is 0 Å². The van der Waals surface area contributed by atoms with Gasteiger partial charge in [-0.15, -0.1) is 11.3 Å². The summed E-state index contributed by atoms with van der Waals surface area (Å²) < 4.78 is 39.2. The summed E-state index contributed by atoms with van der Waals surface area (Å²) in [6, 6.07) is 5.74. The van der Waals surface area contributed by atoms with Crippen molar-refractivity contribution in [2.45, 2.75) is 19.9 Å². The van der Waals surface area contributed by atoms with Gasteiger partial charge in [0.15, 0.2) is 17.5 Å². The predicted molar refractivity (Wildman–Crippen MR) is 71.6 cm³/mol. The van der Waals surface area contributed by atoms with Gasteiger partial charge in [-0.25, -0.2) is 13.2 Å². The molecule has 0 bridgehead atoms. The van der Waals surface area contributed by atoms with Crippen molar-refractivity contribution in [3.63, 3.8) is 0 Å². The third kappa shape index (κ3) is 3.36. The number of benzene rings is 1. The molecule has 19 heavy (non-hydrogen) atoms. The highest BCUT2D eigenvalue weighted by atomic mass is 32.1. The van der Waals surface area contributed by atoms with E-state index in [4.69, 9.17) is 0 Å². The number of halogens is 3. The third-order valence-corrected chi connectivity index (χ3v) is 3.79. The zero-order valence-electron chi connectivity index (χ0n) is 10.5. The summed E-state index contributed by atoms with van der Waals surface area (Å²) in [7, 11) is 0. The van der Waals surface area contributed by atoms with Crippen molar-refractivity contribution in [1.29, 1.82) is 0 Å². The van der Waals surface area contributed by atoms with Gasteiger partial charge in [-0.3, -0.25) is 0 Å². The lowest BCUT2D eigenvalue weighted by Crippen LogP contribution is -2.12. The molecule has 0 amide bonds. The predicted octanol–water partition coefficient (Wildman–Crippen LogP) is 4.33. The van der Waals surface area contributed by atoms with Crippen LogP contribution in [-0.4, -0.2) is 6.54 Å². The molecule has 0 aliphatic carbocycles. The smallest absolute Gasteiger partial charge is 0.194 e. The minimum absolute atomic E-state index is 0.364. The van der Waals surface area contributed by atoms with Gasteiger partial charge in [-0.1, -0.05) is 6.92 Å². The molecule has 0 spiro atoms. The molecule has 0 aliphatic heterocycles. The third-order valence-electron chi connectivity index (χ3n) is 2.66. The van der Waals surface area contributed by atoms with Crippen molar-refractivity contribution in [1.82, 2.24) is 5.32 Å². The highest BCUT2D eigenvalue weighted by Gasteiger charge is 2.12. The molecule has 0 saturated heterocycles. The average molecular weight is 285 g/mol. The molecule has 0 unspecified atom stereocenters. The lowest BCUT2D eigenvalue weighted by atomic mass is 10.1. The summed E-state index contributed by atoms with van der Waals surface area (Å²) in [6.45, 7) is 3.73. The summed E-state index contributed by atoms with van der Waals surface area (Å²) in [5.74, 6) is -3.74. The van der Waals surface area contributed by atoms with Crippen molar-refractivity contribution in [3.8, 4) is 10.4 Å². The molecule has 2 aromatic rings. The van der Waals surface area contributed by atoms with E-state index >= 15 is 0 Å². The molecule has 5 heteroatoms. The molecular formula is C14H14F3NS. The van der Waals surface area contributed by atoms with E-state index in [1.54, 1.807) is 6.07 Å². The Balaban J connectivity index is 2.18. The average Bonchev–Trinajstić information content (AvgIpc) is 2.84. The van der Waals surface area contributed by atoms with E-state index in [-0.39, 0.29) is 0 Å². The van der Waals surface area contributed by atoms with Crippen LogP contribution in [0.2, 0.25) is 0 Å². The molecule has 0 atom stereocenters. The van der Waals surface area contributed by atoms with Gasteiger partial charge < -0.3 is 5.32 Å². The summed E-state index contributed by atoms with van der Waals surface area (Å²) in [4.78, 5) is 1.81. The molecule has 102 valence electrons.